The lowest BCUT2D eigenvalue weighted by Crippen LogP contribution is -1.98. The second-order valence-electron chi connectivity index (χ2n) is 3.99. The second kappa shape index (κ2) is 7.44. The van der Waals surface area contributed by atoms with E-state index in [1.54, 1.807) is 7.11 Å². The molecule has 1 aromatic carbocycles. The van der Waals surface area contributed by atoms with Crippen molar-refractivity contribution in [3.63, 3.8) is 0 Å². The van der Waals surface area contributed by atoms with E-state index in [2.05, 4.69) is 38.4 Å². The maximum atomic E-state index is 5.77. The molecule has 0 amide bonds. The molecule has 0 atom stereocenters. The summed E-state index contributed by atoms with van der Waals surface area (Å²) in [5.74, 6) is 1.36. The van der Waals surface area contributed by atoms with Crippen LogP contribution in [0.15, 0.2) is 22.7 Å². The lowest BCUT2D eigenvalue weighted by Gasteiger charge is -2.10. The van der Waals surface area contributed by atoms with Gasteiger partial charge in [0.15, 0.2) is 16.5 Å². The zero-order valence-electron chi connectivity index (χ0n) is 11.4. The van der Waals surface area contributed by atoms with E-state index in [1.807, 2.05) is 18.2 Å². The van der Waals surface area contributed by atoms with Gasteiger partial charge in [0.2, 0.25) is 5.13 Å². The van der Waals surface area contributed by atoms with Crippen LogP contribution in [0.4, 0.5) is 5.13 Å². The number of anilines is 1. The largest absolute Gasteiger partial charge is 0.493 e. The summed E-state index contributed by atoms with van der Waals surface area (Å²) in [5.41, 5.74) is 0. The van der Waals surface area contributed by atoms with E-state index in [9.17, 15) is 0 Å². The summed E-state index contributed by atoms with van der Waals surface area (Å²) in [6, 6.07) is 5.66. The first-order chi connectivity index (χ1) is 9.74. The molecule has 20 heavy (non-hydrogen) atoms. The maximum absolute atomic E-state index is 5.77. The van der Waals surface area contributed by atoms with Crippen LogP contribution in [-0.2, 0) is 6.61 Å². The van der Waals surface area contributed by atoms with E-state index >= 15 is 0 Å². The molecule has 0 radical (unpaired) electrons. The number of nitrogens with one attached hydrogen (secondary N) is 1. The molecule has 0 bridgehead atoms. The van der Waals surface area contributed by atoms with E-state index in [-0.39, 0.29) is 0 Å². The highest BCUT2D eigenvalue weighted by atomic mass is 79.9. The SMILES string of the molecule is CCCNc1nnc(COc2c(Br)cccc2OC)s1. The van der Waals surface area contributed by atoms with Crippen LogP contribution >= 0.6 is 27.3 Å². The second-order valence-corrected chi connectivity index (χ2v) is 5.90. The highest BCUT2D eigenvalue weighted by Gasteiger charge is 2.10. The minimum absolute atomic E-state index is 0.366. The van der Waals surface area contributed by atoms with E-state index < -0.39 is 0 Å². The normalized spacial score (nSPS) is 10.3. The van der Waals surface area contributed by atoms with Crippen LogP contribution in [0, 0.1) is 0 Å². The van der Waals surface area contributed by atoms with Crippen molar-refractivity contribution in [3.05, 3.63) is 27.7 Å². The fraction of sp³-hybridized carbons (Fsp3) is 0.385. The molecule has 0 aliphatic heterocycles. The first-order valence-corrected chi connectivity index (χ1v) is 7.87. The minimum atomic E-state index is 0.366. The summed E-state index contributed by atoms with van der Waals surface area (Å²) in [4.78, 5) is 0. The van der Waals surface area contributed by atoms with E-state index in [0.717, 1.165) is 27.6 Å². The number of ether oxygens (including phenoxy) is 2. The summed E-state index contributed by atoms with van der Waals surface area (Å²) in [7, 11) is 1.62. The van der Waals surface area contributed by atoms with Crippen molar-refractivity contribution in [3.8, 4) is 11.5 Å². The number of rotatable bonds is 7. The van der Waals surface area contributed by atoms with Crippen LogP contribution in [0.3, 0.4) is 0 Å². The first kappa shape index (κ1) is 15.1. The lowest BCUT2D eigenvalue weighted by atomic mass is 10.3. The summed E-state index contributed by atoms with van der Waals surface area (Å²) in [6.07, 6.45) is 1.06. The summed E-state index contributed by atoms with van der Waals surface area (Å²) in [6.45, 7) is 3.37. The Bertz CT molecular complexity index is 562. The van der Waals surface area contributed by atoms with Crippen LogP contribution in [-0.4, -0.2) is 23.9 Å². The van der Waals surface area contributed by atoms with E-state index in [1.165, 1.54) is 11.3 Å². The fourth-order valence-electron chi connectivity index (χ4n) is 1.54. The summed E-state index contributed by atoms with van der Waals surface area (Å²) < 4.78 is 11.9. The third-order valence-electron chi connectivity index (χ3n) is 2.48. The van der Waals surface area contributed by atoms with Crippen LogP contribution in [0.25, 0.3) is 0 Å². The van der Waals surface area contributed by atoms with Crippen molar-refractivity contribution in [1.82, 2.24) is 10.2 Å². The van der Waals surface area contributed by atoms with Crippen LogP contribution in [0.1, 0.15) is 18.4 Å². The molecule has 1 N–H and O–H groups in total. The summed E-state index contributed by atoms with van der Waals surface area (Å²) >= 11 is 4.95. The molecule has 2 aromatic rings. The molecular weight excluding hydrogens is 342 g/mol. The number of aromatic nitrogens is 2. The number of halogens is 1. The topological polar surface area (TPSA) is 56.3 Å². The van der Waals surface area contributed by atoms with Crippen LogP contribution in [0.5, 0.6) is 11.5 Å². The standard InChI is InChI=1S/C13H16BrN3O2S/c1-3-7-15-13-17-16-11(20-13)8-19-12-9(14)5-4-6-10(12)18-2/h4-6H,3,7-8H2,1-2H3,(H,15,17). The summed E-state index contributed by atoms with van der Waals surface area (Å²) in [5, 5.41) is 13.0. The molecule has 0 saturated heterocycles. The molecule has 0 unspecified atom stereocenters. The number of nitrogens with zero attached hydrogens (tertiary/aromatic N) is 2. The van der Waals surface area contributed by atoms with Crippen molar-refractivity contribution in [2.24, 2.45) is 0 Å². The quantitative estimate of drug-likeness (QED) is 0.818. The van der Waals surface area contributed by atoms with Crippen molar-refractivity contribution >= 4 is 32.4 Å². The Morgan fingerprint density at radius 1 is 1.35 bits per heavy atom. The molecule has 0 saturated carbocycles. The highest BCUT2D eigenvalue weighted by Crippen LogP contribution is 2.35. The van der Waals surface area contributed by atoms with E-state index in [4.69, 9.17) is 9.47 Å². The number of hydrogen-bond donors (Lipinski definition) is 1. The van der Waals surface area contributed by atoms with Crippen LogP contribution in [0.2, 0.25) is 0 Å². The van der Waals surface area contributed by atoms with Gasteiger partial charge in [-0.25, -0.2) is 0 Å². The molecule has 0 aliphatic rings. The van der Waals surface area contributed by atoms with Gasteiger partial charge in [0.1, 0.15) is 6.61 Å². The van der Waals surface area contributed by atoms with Gasteiger partial charge in [-0.1, -0.05) is 24.3 Å². The highest BCUT2D eigenvalue weighted by molar-refractivity contribution is 9.10. The Balaban J connectivity index is 2.00. The van der Waals surface area contributed by atoms with Gasteiger partial charge in [0.05, 0.1) is 11.6 Å². The molecule has 1 aromatic heterocycles. The van der Waals surface area contributed by atoms with Gasteiger partial charge in [-0.05, 0) is 34.5 Å². The molecular formula is C13H16BrN3O2S. The van der Waals surface area contributed by atoms with Crippen molar-refractivity contribution in [2.75, 3.05) is 19.0 Å². The predicted octanol–water partition coefficient (Wildman–Crippen LogP) is 3.71. The molecule has 0 spiro atoms. The Labute approximate surface area is 130 Å². The van der Waals surface area contributed by atoms with Gasteiger partial charge in [0.25, 0.3) is 0 Å². The zero-order chi connectivity index (χ0) is 14.4. The monoisotopic (exact) mass is 357 g/mol. The number of benzene rings is 1. The number of methoxy groups -OCH3 is 1. The third-order valence-corrected chi connectivity index (χ3v) is 3.96. The zero-order valence-corrected chi connectivity index (χ0v) is 13.8. The Kier molecular flexibility index (Phi) is 5.60. The van der Waals surface area contributed by atoms with Crippen molar-refractivity contribution in [1.29, 1.82) is 0 Å². The Morgan fingerprint density at radius 2 is 2.20 bits per heavy atom. The Hall–Kier alpha value is -1.34. The average molecular weight is 358 g/mol. The van der Waals surface area contributed by atoms with Gasteiger partial charge in [0, 0.05) is 6.54 Å². The molecule has 0 fully saturated rings. The van der Waals surface area contributed by atoms with Crippen molar-refractivity contribution in [2.45, 2.75) is 20.0 Å². The van der Waals surface area contributed by atoms with Gasteiger partial charge < -0.3 is 14.8 Å². The molecule has 7 heteroatoms. The molecule has 0 aliphatic carbocycles. The van der Waals surface area contributed by atoms with Gasteiger partial charge in [-0.3, -0.25) is 0 Å². The first-order valence-electron chi connectivity index (χ1n) is 6.26. The average Bonchev–Trinajstić information content (AvgIpc) is 2.91. The lowest BCUT2D eigenvalue weighted by molar-refractivity contribution is 0.281. The fourth-order valence-corrected chi connectivity index (χ4v) is 2.68. The Morgan fingerprint density at radius 3 is 2.95 bits per heavy atom. The molecule has 108 valence electrons. The van der Waals surface area contributed by atoms with Gasteiger partial charge in [-0.2, -0.15) is 0 Å². The smallest absolute Gasteiger partial charge is 0.205 e. The van der Waals surface area contributed by atoms with Gasteiger partial charge in [-0.15, -0.1) is 10.2 Å². The minimum Gasteiger partial charge on any atom is -0.493 e. The van der Waals surface area contributed by atoms with Crippen LogP contribution < -0.4 is 14.8 Å². The number of hydrogen-bond acceptors (Lipinski definition) is 6. The molecule has 2 rings (SSSR count). The number of para-hydroxylation sites is 1. The maximum Gasteiger partial charge on any atom is 0.205 e. The van der Waals surface area contributed by atoms with Crippen molar-refractivity contribution < 1.29 is 9.47 Å². The van der Waals surface area contributed by atoms with Gasteiger partial charge >= 0.3 is 0 Å². The molecule has 1 heterocycles. The predicted molar refractivity (Wildman–Crippen MR) is 83.7 cm³/mol. The molecule has 5 nitrogen and oxygen atoms in total. The van der Waals surface area contributed by atoms with E-state index in [0.29, 0.717) is 18.1 Å². The third kappa shape index (κ3) is 3.83.